The van der Waals surface area contributed by atoms with Crippen molar-refractivity contribution < 1.29 is 0 Å². The predicted octanol–water partition coefficient (Wildman–Crippen LogP) is 1.75. The summed E-state index contributed by atoms with van der Waals surface area (Å²) >= 11 is 1.89. The van der Waals surface area contributed by atoms with Crippen molar-refractivity contribution in [2.75, 3.05) is 33.2 Å². The van der Waals surface area contributed by atoms with Crippen LogP contribution in [0.3, 0.4) is 0 Å². The van der Waals surface area contributed by atoms with Gasteiger partial charge in [-0.1, -0.05) is 0 Å². The zero-order chi connectivity index (χ0) is 10.7. The smallest absolute Gasteiger partial charge is 0.00871 e. The molecule has 0 saturated carbocycles. The molecule has 0 spiro atoms. The molecule has 0 radical (unpaired) electrons. The number of aryl methyl sites for hydroxylation is 1. The molecule has 2 rings (SSSR count). The Balaban J connectivity index is 1.70. The van der Waals surface area contributed by atoms with Crippen molar-refractivity contribution in [2.24, 2.45) is 5.92 Å². The second-order valence-electron chi connectivity index (χ2n) is 4.56. The van der Waals surface area contributed by atoms with Gasteiger partial charge in [-0.2, -0.15) is 0 Å². The Morgan fingerprint density at radius 2 is 2.33 bits per heavy atom. The van der Waals surface area contributed by atoms with E-state index in [2.05, 4.69) is 35.6 Å². The van der Waals surface area contributed by atoms with Crippen molar-refractivity contribution in [3.8, 4) is 0 Å². The molecule has 0 amide bonds. The molecule has 2 heterocycles. The first-order valence-electron chi connectivity index (χ1n) is 5.68. The molecule has 15 heavy (non-hydrogen) atoms. The molecular formula is C12H20N2S. The molecule has 1 fully saturated rings. The van der Waals surface area contributed by atoms with Gasteiger partial charge in [0.05, 0.1) is 0 Å². The lowest BCUT2D eigenvalue weighted by Crippen LogP contribution is -2.47. The molecule has 0 atom stereocenters. The number of thiophene rings is 1. The van der Waals surface area contributed by atoms with Gasteiger partial charge in [0.1, 0.15) is 0 Å². The molecule has 2 nitrogen and oxygen atoms in total. The van der Waals surface area contributed by atoms with Gasteiger partial charge in [-0.05, 0) is 43.3 Å². The average molecular weight is 224 g/mol. The van der Waals surface area contributed by atoms with Crippen LogP contribution in [0, 0.1) is 12.8 Å². The van der Waals surface area contributed by atoms with E-state index >= 15 is 0 Å². The van der Waals surface area contributed by atoms with Crippen LogP contribution >= 0.6 is 11.3 Å². The minimum absolute atomic E-state index is 0.888. The molecule has 0 aliphatic carbocycles. The van der Waals surface area contributed by atoms with E-state index in [0.717, 1.165) is 5.92 Å². The standard InChI is InChI=1S/C12H20N2S/c1-10-4-6-15-12(10)3-5-14(2)9-11-7-13-8-11/h4,6,11,13H,3,5,7-9H2,1-2H3. The van der Waals surface area contributed by atoms with Gasteiger partial charge in [-0.15, -0.1) is 11.3 Å². The van der Waals surface area contributed by atoms with E-state index in [9.17, 15) is 0 Å². The topological polar surface area (TPSA) is 15.3 Å². The van der Waals surface area contributed by atoms with E-state index in [4.69, 9.17) is 0 Å². The zero-order valence-electron chi connectivity index (χ0n) is 9.62. The second kappa shape index (κ2) is 5.10. The van der Waals surface area contributed by atoms with Gasteiger partial charge >= 0.3 is 0 Å². The number of hydrogen-bond donors (Lipinski definition) is 1. The van der Waals surface area contributed by atoms with Crippen LogP contribution in [0.2, 0.25) is 0 Å². The maximum absolute atomic E-state index is 3.32. The Morgan fingerprint density at radius 1 is 1.53 bits per heavy atom. The highest BCUT2D eigenvalue weighted by Gasteiger charge is 2.18. The molecule has 1 aromatic rings. The minimum atomic E-state index is 0.888. The van der Waals surface area contributed by atoms with Crippen molar-refractivity contribution in [1.82, 2.24) is 10.2 Å². The summed E-state index contributed by atoms with van der Waals surface area (Å²) in [6.45, 7) is 7.07. The van der Waals surface area contributed by atoms with Gasteiger partial charge in [0, 0.05) is 31.1 Å². The Kier molecular flexibility index (Phi) is 3.78. The van der Waals surface area contributed by atoms with Crippen molar-refractivity contribution in [2.45, 2.75) is 13.3 Å². The lowest BCUT2D eigenvalue weighted by molar-refractivity contribution is 0.226. The minimum Gasteiger partial charge on any atom is -0.316 e. The van der Waals surface area contributed by atoms with Crippen molar-refractivity contribution >= 4 is 11.3 Å². The average Bonchev–Trinajstić information content (AvgIpc) is 2.55. The van der Waals surface area contributed by atoms with Crippen molar-refractivity contribution in [3.05, 3.63) is 21.9 Å². The van der Waals surface area contributed by atoms with Gasteiger partial charge in [0.25, 0.3) is 0 Å². The van der Waals surface area contributed by atoms with E-state index in [1.54, 1.807) is 4.88 Å². The third-order valence-electron chi connectivity index (χ3n) is 3.12. The molecule has 1 N–H and O–H groups in total. The Labute approximate surface area is 96.3 Å². The second-order valence-corrected chi connectivity index (χ2v) is 5.56. The van der Waals surface area contributed by atoms with Crippen LogP contribution < -0.4 is 5.32 Å². The number of likely N-dealkylation sites (N-methyl/N-ethyl adjacent to an activating group) is 1. The van der Waals surface area contributed by atoms with Crippen LogP contribution in [0.1, 0.15) is 10.4 Å². The lowest BCUT2D eigenvalue weighted by atomic mass is 10.0. The molecule has 3 heteroatoms. The predicted molar refractivity (Wildman–Crippen MR) is 66.6 cm³/mol. The van der Waals surface area contributed by atoms with E-state index in [1.165, 1.54) is 38.2 Å². The fourth-order valence-corrected chi connectivity index (χ4v) is 2.86. The first kappa shape index (κ1) is 11.1. The Morgan fingerprint density at radius 3 is 2.87 bits per heavy atom. The quantitative estimate of drug-likeness (QED) is 0.820. The van der Waals surface area contributed by atoms with E-state index in [-0.39, 0.29) is 0 Å². The largest absolute Gasteiger partial charge is 0.316 e. The van der Waals surface area contributed by atoms with Crippen LogP contribution in [0.15, 0.2) is 11.4 Å². The summed E-state index contributed by atoms with van der Waals surface area (Å²) in [5.41, 5.74) is 1.46. The Bertz CT molecular complexity index is 304. The highest BCUT2D eigenvalue weighted by molar-refractivity contribution is 7.10. The van der Waals surface area contributed by atoms with E-state index < -0.39 is 0 Å². The van der Waals surface area contributed by atoms with Crippen LogP contribution in [0.5, 0.6) is 0 Å². The number of nitrogens with zero attached hydrogens (tertiary/aromatic N) is 1. The first-order chi connectivity index (χ1) is 7.25. The number of rotatable bonds is 5. The van der Waals surface area contributed by atoms with Crippen molar-refractivity contribution in [3.63, 3.8) is 0 Å². The van der Waals surface area contributed by atoms with Gasteiger partial charge in [0.2, 0.25) is 0 Å². The lowest BCUT2D eigenvalue weighted by Gasteiger charge is -2.31. The summed E-state index contributed by atoms with van der Waals surface area (Å²) in [4.78, 5) is 4.01. The summed E-state index contributed by atoms with van der Waals surface area (Å²) < 4.78 is 0. The fourth-order valence-electron chi connectivity index (χ4n) is 1.96. The zero-order valence-corrected chi connectivity index (χ0v) is 10.4. The van der Waals surface area contributed by atoms with Gasteiger partial charge < -0.3 is 10.2 Å². The summed E-state index contributed by atoms with van der Waals surface area (Å²) in [7, 11) is 2.24. The summed E-state index contributed by atoms with van der Waals surface area (Å²) in [6, 6.07) is 2.22. The van der Waals surface area contributed by atoms with Gasteiger partial charge in [0.15, 0.2) is 0 Å². The van der Waals surface area contributed by atoms with Crippen LogP contribution in [0.25, 0.3) is 0 Å². The summed E-state index contributed by atoms with van der Waals surface area (Å²) in [5.74, 6) is 0.888. The molecule has 84 valence electrons. The molecule has 1 saturated heterocycles. The molecule has 0 bridgehead atoms. The normalized spacial score (nSPS) is 17.0. The monoisotopic (exact) mass is 224 g/mol. The number of nitrogens with one attached hydrogen (secondary N) is 1. The molecule has 0 aromatic carbocycles. The van der Waals surface area contributed by atoms with Crippen LogP contribution in [-0.2, 0) is 6.42 Å². The highest BCUT2D eigenvalue weighted by Crippen LogP contribution is 2.16. The SMILES string of the molecule is Cc1ccsc1CCN(C)CC1CNC1. The highest BCUT2D eigenvalue weighted by atomic mass is 32.1. The van der Waals surface area contributed by atoms with Gasteiger partial charge in [-0.3, -0.25) is 0 Å². The van der Waals surface area contributed by atoms with E-state index in [1.807, 2.05) is 11.3 Å². The molecule has 1 aliphatic rings. The van der Waals surface area contributed by atoms with Crippen LogP contribution in [0.4, 0.5) is 0 Å². The third-order valence-corrected chi connectivity index (χ3v) is 4.21. The van der Waals surface area contributed by atoms with Crippen molar-refractivity contribution in [1.29, 1.82) is 0 Å². The van der Waals surface area contributed by atoms with E-state index in [0.29, 0.717) is 0 Å². The molecule has 1 aromatic heterocycles. The maximum atomic E-state index is 3.32. The summed E-state index contributed by atoms with van der Waals surface area (Å²) in [6.07, 6.45) is 1.21. The molecular weight excluding hydrogens is 204 g/mol. The molecule has 1 aliphatic heterocycles. The van der Waals surface area contributed by atoms with Gasteiger partial charge in [-0.25, -0.2) is 0 Å². The fraction of sp³-hybridized carbons (Fsp3) is 0.667. The Hall–Kier alpha value is -0.380. The van der Waals surface area contributed by atoms with Crippen LogP contribution in [-0.4, -0.2) is 38.1 Å². The first-order valence-corrected chi connectivity index (χ1v) is 6.56. The third kappa shape index (κ3) is 3.03. The summed E-state index contributed by atoms with van der Waals surface area (Å²) in [5, 5.41) is 5.52. The maximum Gasteiger partial charge on any atom is 0.00871 e. The number of hydrogen-bond acceptors (Lipinski definition) is 3. The molecule has 0 unspecified atom stereocenters.